The third-order valence-electron chi connectivity index (χ3n) is 5.30. The van der Waals surface area contributed by atoms with E-state index >= 15 is 0 Å². The third kappa shape index (κ3) is 3.53. The molecule has 0 unspecified atom stereocenters. The molecule has 0 N–H and O–H groups in total. The van der Waals surface area contributed by atoms with Crippen molar-refractivity contribution < 1.29 is 19.1 Å². The van der Waals surface area contributed by atoms with Crippen LogP contribution < -0.4 is 0 Å². The van der Waals surface area contributed by atoms with Crippen molar-refractivity contribution in [1.82, 2.24) is 9.78 Å². The quantitative estimate of drug-likeness (QED) is 0.597. The van der Waals surface area contributed by atoms with Crippen molar-refractivity contribution in [3.05, 3.63) is 72.1 Å². The molecule has 1 aromatic heterocycles. The lowest BCUT2D eigenvalue weighted by molar-refractivity contribution is -0.143. The first-order chi connectivity index (χ1) is 14.1. The Morgan fingerprint density at radius 3 is 2.17 bits per heavy atom. The monoisotopic (exact) mass is 390 g/mol. The summed E-state index contributed by atoms with van der Waals surface area (Å²) in [7, 11) is 1.44. The van der Waals surface area contributed by atoms with Gasteiger partial charge in [-0.3, -0.25) is 4.79 Å². The summed E-state index contributed by atoms with van der Waals surface area (Å²) in [6, 6.07) is 17.6. The predicted molar refractivity (Wildman–Crippen MR) is 108 cm³/mol. The Morgan fingerprint density at radius 2 is 1.62 bits per heavy atom. The molecule has 1 fully saturated rings. The highest BCUT2D eigenvalue weighted by Gasteiger charge is 2.52. The van der Waals surface area contributed by atoms with Crippen LogP contribution in [0.4, 0.5) is 0 Å². The molecule has 0 atom stereocenters. The summed E-state index contributed by atoms with van der Waals surface area (Å²) in [5.41, 5.74) is 3.81. The summed E-state index contributed by atoms with van der Waals surface area (Å²) >= 11 is 0. The van der Waals surface area contributed by atoms with Gasteiger partial charge in [0.15, 0.2) is 5.69 Å². The van der Waals surface area contributed by atoms with Crippen LogP contribution in [0.3, 0.4) is 0 Å². The standard InChI is InChI=1S/C23H22N2O4/c1-3-29-21(26)20-12-15-25(24-20)19-10-6-17(7-11-19)16-4-8-18(9-5-16)23(13-14-23)22(27)28-2/h4-12,15H,3,13-14H2,1-2H3. The fourth-order valence-electron chi connectivity index (χ4n) is 3.50. The second-order valence-corrected chi connectivity index (χ2v) is 7.06. The molecule has 0 amide bonds. The molecular weight excluding hydrogens is 368 g/mol. The van der Waals surface area contributed by atoms with E-state index in [4.69, 9.17) is 9.47 Å². The van der Waals surface area contributed by atoms with Crippen LogP contribution in [-0.2, 0) is 19.7 Å². The Hall–Kier alpha value is -3.41. The molecule has 0 spiro atoms. The van der Waals surface area contributed by atoms with Crippen LogP contribution in [0.25, 0.3) is 16.8 Å². The van der Waals surface area contributed by atoms with Gasteiger partial charge < -0.3 is 9.47 Å². The number of rotatable bonds is 6. The maximum absolute atomic E-state index is 12.0. The normalized spacial score (nSPS) is 14.3. The first kappa shape index (κ1) is 18.9. The van der Waals surface area contributed by atoms with Crippen LogP contribution in [0.1, 0.15) is 35.8 Å². The number of nitrogens with zero attached hydrogens (tertiary/aromatic N) is 2. The Bertz CT molecular complexity index is 1030. The Morgan fingerprint density at radius 1 is 1.00 bits per heavy atom. The number of esters is 2. The zero-order valence-corrected chi connectivity index (χ0v) is 16.4. The maximum atomic E-state index is 12.0. The number of benzene rings is 2. The molecule has 2 aromatic carbocycles. The number of hydrogen-bond acceptors (Lipinski definition) is 5. The van der Waals surface area contributed by atoms with Crippen LogP contribution >= 0.6 is 0 Å². The highest BCUT2D eigenvalue weighted by atomic mass is 16.5. The van der Waals surface area contributed by atoms with Gasteiger partial charge in [-0.25, -0.2) is 9.48 Å². The third-order valence-corrected chi connectivity index (χ3v) is 5.30. The van der Waals surface area contributed by atoms with Gasteiger partial charge in [-0.1, -0.05) is 36.4 Å². The number of hydrogen-bond donors (Lipinski definition) is 0. The van der Waals surface area contributed by atoms with Crippen LogP contribution in [0.15, 0.2) is 60.8 Å². The fraction of sp³-hybridized carbons (Fsp3) is 0.261. The lowest BCUT2D eigenvalue weighted by atomic mass is 9.94. The average molecular weight is 390 g/mol. The van der Waals surface area contributed by atoms with Gasteiger partial charge in [-0.15, -0.1) is 0 Å². The molecule has 1 saturated carbocycles. The zero-order chi connectivity index (χ0) is 20.4. The van der Waals surface area contributed by atoms with E-state index in [0.717, 1.165) is 35.2 Å². The van der Waals surface area contributed by atoms with Crippen LogP contribution in [0.5, 0.6) is 0 Å². The molecule has 148 valence electrons. The summed E-state index contributed by atoms with van der Waals surface area (Å²) in [5.74, 6) is -0.584. The second-order valence-electron chi connectivity index (χ2n) is 7.06. The van der Waals surface area contributed by atoms with Gasteiger partial charge in [0.25, 0.3) is 0 Å². The van der Waals surface area contributed by atoms with Crippen molar-refractivity contribution in [3.63, 3.8) is 0 Å². The van der Waals surface area contributed by atoms with Gasteiger partial charge in [0.1, 0.15) is 0 Å². The topological polar surface area (TPSA) is 70.4 Å². The number of carbonyl (C=O) groups is 2. The summed E-state index contributed by atoms with van der Waals surface area (Å²) < 4.78 is 11.6. The van der Waals surface area contributed by atoms with E-state index in [9.17, 15) is 9.59 Å². The van der Waals surface area contributed by atoms with Gasteiger partial charge in [-0.05, 0) is 54.7 Å². The van der Waals surface area contributed by atoms with E-state index in [1.54, 1.807) is 23.9 Å². The number of aromatic nitrogens is 2. The molecule has 1 aliphatic rings. The fourth-order valence-corrected chi connectivity index (χ4v) is 3.50. The molecule has 6 nitrogen and oxygen atoms in total. The maximum Gasteiger partial charge on any atom is 0.358 e. The van der Waals surface area contributed by atoms with Crippen molar-refractivity contribution in [2.45, 2.75) is 25.2 Å². The van der Waals surface area contributed by atoms with Gasteiger partial charge in [0, 0.05) is 6.20 Å². The van der Waals surface area contributed by atoms with E-state index in [2.05, 4.69) is 5.10 Å². The van der Waals surface area contributed by atoms with Gasteiger partial charge in [0.2, 0.25) is 0 Å². The van der Waals surface area contributed by atoms with E-state index in [1.807, 2.05) is 48.5 Å². The molecule has 6 heteroatoms. The first-order valence-electron chi connectivity index (χ1n) is 9.60. The molecule has 0 bridgehead atoms. The van der Waals surface area contributed by atoms with E-state index in [0.29, 0.717) is 6.61 Å². The van der Waals surface area contributed by atoms with Gasteiger partial charge in [0.05, 0.1) is 24.8 Å². The van der Waals surface area contributed by atoms with Crippen LogP contribution in [0, 0.1) is 0 Å². The summed E-state index contributed by atoms with van der Waals surface area (Å²) in [6.07, 6.45) is 3.41. The smallest absolute Gasteiger partial charge is 0.358 e. The Balaban J connectivity index is 1.51. The summed E-state index contributed by atoms with van der Waals surface area (Å²) in [4.78, 5) is 23.8. The van der Waals surface area contributed by atoms with E-state index < -0.39 is 11.4 Å². The molecule has 1 aliphatic carbocycles. The number of methoxy groups -OCH3 is 1. The van der Waals surface area contributed by atoms with Crippen molar-refractivity contribution in [2.24, 2.45) is 0 Å². The van der Waals surface area contributed by atoms with Crippen molar-refractivity contribution in [2.75, 3.05) is 13.7 Å². The molecule has 4 rings (SSSR count). The molecule has 3 aromatic rings. The first-order valence-corrected chi connectivity index (χ1v) is 9.60. The van der Waals surface area contributed by atoms with E-state index in [1.165, 1.54) is 7.11 Å². The second kappa shape index (κ2) is 7.54. The lowest BCUT2D eigenvalue weighted by Crippen LogP contribution is -2.21. The molecule has 0 radical (unpaired) electrons. The average Bonchev–Trinajstić information content (AvgIpc) is 3.43. The highest BCUT2D eigenvalue weighted by molar-refractivity contribution is 5.87. The number of ether oxygens (including phenoxy) is 2. The highest BCUT2D eigenvalue weighted by Crippen LogP contribution is 2.49. The molecule has 29 heavy (non-hydrogen) atoms. The predicted octanol–water partition coefficient (Wildman–Crippen LogP) is 3.92. The zero-order valence-electron chi connectivity index (χ0n) is 16.4. The van der Waals surface area contributed by atoms with E-state index in [-0.39, 0.29) is 11.7 Å². The molecule has 0 saturated heterocycles. The summed E-state index contributed by atoms with van der Waals surface area (Å²) in [5, 5.41) is 4.27. The Labute approximate surface area is 169 Å². The van der Waals surface area contributed by atoms with Crippen LogP contribution in [0.2, 0.25) is 0 Å². The number of carbonyl (C=O) groups excluding carboxylic acids is 2. The van der Waals surface area contributed by atoms with Gasteiger partial charge >= 0.3 is 11.9 Å². The van der Waals surface area contributed by atoms with Gasteiger partial charge in [-0.2, -0.15) is 5.10 Å². The largest absolute Gasteiger partial charge is 0.468 e. The van der Waals surface area contributed by atoms with Crippen molar-refractivity contribution >= 4 is 11.9 Å². The van der Waals surface area contributed by atoms with Crippen molar-refractivity contribution in [1.29, 1.82) is 0 Å². The van der Waals surface area contributed by atoms with Crippen molar-refractivity contribution in [3.8, 4) is 16.8 Å². The molecular formula is C23H22N2O4. The molecule has 1 heterocycles. The van der Waals surface area contributed by atoms with Crippen LogP contribution in [-0.4, -0.2) is 35.4 Å². The lowest BCUT2D eigenvalue weighted by Gasteiger charge is -2.13. The minimum absolute atomic E-state index is 0.156. The Kier molecular flexibility index (Phi) is 4.92. The molecule has 0 aliphatic heterocycles. The minimum atomic E-state index is -0.451. The minimum Gasteiger partial charge on any atom is -0.468 e. The summed E-state index contributed by atoms with van der Waals surface area (Å²) in [6.45, 7) is 2.08. The SMILES string of the molecule is CCOC(=O)c1ccn(-c2ccc(-c3ccc(C4(C(=O)OC)CC4)cc3)cc2)n1.